The van der Waals surface area contributed by atoms with Crippen molar-refractivity contribution in [3.05, 3.63) is 63.2 Å². The normalized spacial score (nSPS) is 17.7. The van der Waals surface area contributed by atoms with Gasteiger partial charge in [-0.15, -0.1) is 11.3 Å². The summed E-state index contributed by atoms with van der Waals surface area (Å²) in [6.07, 6.45) is 2.37. The Hall–Kier alpha value is -1.96. The Kier molecular flexibility index (Phi) is 5.60. The molecule has 0 fully saturated rings. The quantitative estimate of drug-likeness (QED) is 0.788. The van der Waals surface area contributed by atoms with Crippen LogP contribution in [0.25, 0.3) is 6.08 Å². The van der Waals surface area contributed by atoms with Crippen LogP contribution < -0.4 is 0 Å². The summed E-state index contributed by atoms with van der Waals surface area (Å²) in [6, 6.07) is 11.2. The van der Waals surface area contributed by atoms with Gasteiger partial charge in [0.05, 0.1) is 12.6 Å². The molecular formula is C19H22N2O3S2. The Labute approximate surface area is 158 Å². The van der Waals surface area contributed by atoms with Crippen LogP contribution in [0.3, 0.4) is 0 Å². The van der Waals surface area contributed by atoms with Crippen LogP contribution in [0.2, 0.25) is 0 Å². The van der Waals surface area contributed by atoms with Gasteiger partial charge in [-0.3, -0.25) is 4.79 Å². The molecule has 0 bridgehead atoms. The molecule has 1 aliphatic heterocycles. The zero-order valence-electron chi connectivity index (χ0n) is 14.8. The van der Waals surface area contributed by atoms with Gasteiger partial charge in [0.1, 0.15) is 0 Å². The van der Waals surface area contributed by atoms with Crippen molar-refractivity contribution in [1.82, 2.24) is 9.21 Å². The monoisotopic (exact) mass is 390 g/mol. The first-order valence-corrected chi connectivity index (χ1v) is 10.8. The summed E-state index contributed by atoms with van der Waals surface area (Å²) in [7, 11) is -2.21. The Morgan fingerprint density at radius 3 is 2.77 bits per heavy atom. The van der Waals surface area contributed by atoms with Crippen molar-refractivity contribution in [3.63, 3.8) is 0 Å². The van der Waals surface area contributed by atoms with E-state index in [0.29, 0.717) is 6.54 Å². The van der Waals surface area contributed by atoms with Crippen LogP contribution in [0.5, 0.6) is 0 Å². The van der Waals surface area contributed by atoms with E-state index in [1.165, 1.54) is 23.6 Å². The van der Waals surface area contributed by atoms with Crippen molar-refractivity contribution in [2.75, 3.05) is 20.1 Å². The molecule has 0 radical (unpaired) electrons. The molecule has 0 saturated heterocycles. The van der Waals surface area contributed by atoms with E-state index >= 15 is 0 Å². The van der Waals surface area contributed by atoms with E-state index < -0.39 is 10.0 Å². The van der Waals surface area contributed by atoms with Gasteiger partial charge < -0.3 is 4.90 Å². The van der Waals surface area contributed by atoms with E-state index in [2.05, 4.69) is 0 Å². The number of fused-ring (bicyclic) bond motifs is 1. The first-order valence-electron chi connectivity index (χ1n) is 8.43. The first-order chi connectivity index (χ1) is 12.4. The molecule has 0 spiro atoms. The van der Waals surface area contributed by atoms with Crippen LogP contribution >= 0.6 is 11.3 Å². The molecule has 0 N–H and O–H groups in total. The molecule has 2 heterocycles. The van der Waals surface area contributed by atoms with Gasteiger partial charge in [-0.1, -0.05) is 30.3 Å². The van der Waals surface area contributed by atoms with Crippen molar-refractivity contribution < 1.29 is 13.2 Å². The van der Waals surface area contributed by atoms with E-state index in [0.717, 1.165) is 21.7 Å². The molecule has 3 rings (SSSR count). The Balaban J connectivity index is 1.66. The molecule has 1 aromatic heterocycles. The minimum absolute atomic E-state index is 0.0199. The third kappa shape index (κ3) is 4.06. The molecule has 2 aromatic rings. The summed E-state index contributed by atoms with van der Waals surface area (Å²) >= 11 is 1.71. The maximum Gasteiger partial charge on any atom is 0.238 e. The molecule has 1 aliphatic rings. The third-order valence-electron chi connectivity index (χ3n) is 4.62. The minimum Gasteiger partial charge on any atom is -0.334 e. The van der Waals surface area contributed by atoms with Crippen molar-refractivity contribution in [3.8, 4) is 0 Å². The number of hydrogen-bond donors (Lipinski definition) is 0. The SMILES string of the molecule is C[C@@H]1c2ccsc2CCN1C(=O)CN(C)S(=O)(=O)/C=C/c1ccccc1. The smallest absolute Gasteiger partial charge is 0.238 e. The van der Waals surface area contributed by atoms with Crippen LogP contribution in [0, 0.1) is 0 Å². The summed E-state index contributed by atoms with van der Waals surface area (Å²) in [6.45, 7) is 2.46. The molecule has 0 unspecified atom stereocenters. The van der Waals surface area contributed by atoms with E-state index in [1.54, 1.807) is 16.2 Å². The summed E-state index contributed by atoms with van der Waals surface area (Å²) in [4.78, 5) is 15.7. The highest BCUT2D eigenvalue weighted by atomic mass is 32.2. The molecular weight excluding hydrogens is 368 g/mol. The van der Waals surface area contributed by atoms with Gasteiger partial charge in [-0.2, -0.15) is 4.31 Å². The second-order valence-electron chi connectivity index (χ2n) is 6.33. The maximum atomic E-state index is 12.7. The third-order valence-corrected chi connectivity index (χ3v) is 7.10. The van der Waals surface area contributed by atoms with Crippen LogP contribution in [-0.2, 0) is 21.2 Å². The fraction of sp³-hybridized carbons (Fsp3) is 0.316. The number of carbonyl (C=O) groups excluding carboxylic acids is 1. The summed E-state index contributed by atoms with van der Waals surface area (Å²) in [5.74, 6) is -0.173. The number of hydrogen-bond acceptors (Lipinski definition) is 4. The Morgan fingerprint density at radius 2 is 2.04 bits per heavy atom. The van der Waals surface area contributed by atoms with Gasteiger partial charge in [0.15, 0.2) is 0 Å². The van der Waals surface area contributed by atoms with Crippen molar-refractivity contribution >= 4 is 33.3 Å². The standard InChI is InChI=1S/C19H22N2O3S2/c1-15-17-9-12-25-18(17)8-11-21(15)19(22)14-20(2)26(23,24)13-10-16-6-4-3-5-7-16/h3-7,9-10,12-13,15H,8,11,14H2,1-2H3/b13-10+/t15-/m1/s1. The fourth-order valence-electron chi connectivity index (χ4n) is 3.05. The highest BCUT2D eigenvalue weighted by Crippen LogP contribution is 2.32. The topological polar surface area (TPSA) is 57.7 Å². The highest BCUT2D eigenvalue weighted by molar-refractivity contribution is 7.92. The highest BCUT2D eigenvalue weighted by Gasteiger charge is 2.30. The second kappa shape index (κ2) is 7.73. The predicted molar refractivity (Wildman–Crippen MR) is 105 cm³/mol. The summed E-state index contributed by atoms with van der Waals surface area (Å²) in [5, 5.41) is 3.19. The number of likely N-dealkylation sites (N-methyl/N-ethyl adjacent to an activating group) is 1. The number of rotatable bonds is 5. The lowest BCUT2D eigenvalue weighted by Crippen LogP contribution is -2.44. The van der Waals surface area contributed by atoms with Gasteiger partial charge in [0.25, 0.3) is 0 Å². The molecule has 0 aliphatic carbocycles. The molecule has 7 heteroatoms. The lowest BCUT2D eigenvalue weighted by atomic mass is 10.0. The number of thiophene rings is 1. The second-order valence-corrected chi connectivity index (χ2v) is 9.25. The van der Waals surface area contributed by atoms with E-state index in [-0.39, 0.29) is 18.5 Å². The number of nitrogens with zero attached hydrogens (tertiary/aromatic N) is 2. The average Bonchev–Trinajstić information content (AvgIpc) is 3.11. The fourth-order valence-corrected chi connectivity index (χ4v) is 4.84. The molecule has 138 valence electrons. The first kappa shape index (κ1) is 18.8. The van der Waals surface area contributed by atoms with Crippen molar-refractivity contribution in [1.29, 1.82) is 0 Å². The Bertz CT molecular complexity index is 904. The zero-order chi connectivity index (χ0) is 18.7. The minimum atomic E-state index is -3.65. The summed E-state index contributed by atoms with van der Waals surface area (Å²) < 4.78 is 26.0. The lowest BCUT2D eigenvalue weighted by molar-refractivity contribution is -0.133. The molecule has 0 saturated carbocycles. The zero-order valence-corrected chi connectivity index (χ0v) is 16.5. The van der Waals surface area contributed by atoms with Crippen molar-refractivity contribution in [2.45, 2.75) is 19.4 Å². The van der Waals surface area contributed by atoms with Crippen LogP contribution in [0.4, 0.5) is 0 Å². The molecule has 1 amide bonds. The number of sulfonamides is 1. The number of benzene rings is 1. The van der Waals surface area contributed by atoms with Gasteiger partial charge in [0.2, 0.25) is 15.9 Å². The van der Waals surface area contributed by atoms with Crippen LogP contribution in [0.1, 0.15) is 29.0 Å². The predicted octanol–water partition coefficient (Wildman–Crippen LogP) is 3.13. The van der Waals surface area contributed by atoms with Gasteiger partial charge in [-0.05, 0) is 42.0 Å². The largest absolute Gasteiger partial charge is 0.334 e. The van der Waals surface area contributed by atoms with Gasteiger partial charge in [-0.25, -0.2) is 8.42 Å². The number of carbonyl (C=O) groups is 1. The number of amides is 1. The van der Waals surface area contributed by atoms with Gasteiger partial charge >= 0.3 is 0 Å². The lowest BCUT2D eigenvalue weighted by Gasteiger charge is -2.34. The average molecular weight is 391 g/mol. The van der Waals surface area contributed by atoms with E-state index in [4.69, 9.17) is 0 Å². The molecule has 1 atom stereocenters. The van der Waals surface area contributed by atoms with Gasteiger partial charge in [0, 0.05) is 23.9 Å². The summed E-state index contributed by atoms with van der Waals surface area (Å²) in [5.41, 5.74) is 1.97. The molecule has 26 heavy (non-hydrogen) atoms. The molecule has 1 aromatic carbocycles. The van der Waals surface area contributed by atoms with E-state index in [9.17, 15) is 13.2 Å². The Morgan fingerprint density at radius 1 is 1.31 bits per heavy atom. The van der Waals surface area contributed by atoms with E-state index in [1.807, 2.05) is 48.7 Å². The molecule has 5 nitrogen and oxygen atoms in total. The van der Waals surface area contributed by atoms with Crippen LogP contribution in [-0.4, -0.2) is 43.7 Å². The van der Waals surface area contributed by atoms with Crippen molar-refractivity contribution in [2.24, 2.45) is 0 Å². The maximum absolute atomic E-state index is 12.7. The van der Waals surface area contributed by atoms with Crippen LogP contribution in [0.15, 0.2) is 47.2 Å².